The topological polar surface area (TPSA) is 58.2 Å². The highest BCUT2D eigenvalue weighted by molar-refractivity contribution is 7.89. The lowest BCUT2D eigenvalue weighted by Gasteiger charge is -2.09. The van der Waals surface area contributed by atoms with Gasteiger partial charge in [-0.25, -0.2) is 13.1 Å². The first-order valence-electron chi connectivity index (χ1n) is 6.29. The molecule has 100 valence electrons. The molecule has 0 heterocycles. The second kappa shape index (κ2) is 5.38. The Labute approximate surface area is 109 Å². The molecule has 0 atom stereocenters. The normalized spacial score (nSPS) is 15.9. The summed E-state index contributed by atoms with van der Waals surface area (Å²) >= 11 is 0. The molecule has 1 aromatic carbocycles. The van der Waals surface area contributed by atoms with E-state index < -0.39 is 10.0 Å². The Balaban J connectivity index is 1.95. The van der Waals surface area contributed by atoms with Crippen LogP contribution < -0.4 is 10.0 Å². The summed E-state index contributed by atoms with van der Waals surface area (Å²) in [5.41, 5.74) is 1.93. The molecule has 0 radical (unpaired) electrons. The molecule has 1 aromatic rings. The van der Waals surface area contributed by atoms with Gasteiger partial charge >= 0.3 is 0 Å². The van der Waals surface area contributed by atoms with Crippen LogP contribution in [-0.2, 0) is 10.0 Å². The highest BCUT2D eigenvalue weighted by atomic mass is 32.2. The van der Waals surface area contributed by atoms with E-state index in [-0.39, 0.29) is 0 Å². The van der Waals surface area contributed by atoms with Crippen molar-refractivity contribution in [1.82, 2.24) is 10.0 Å². The fourth-order valence-electron chi connectivity index (χ4n) is 1.92. The lowest BCUT2D eigenvalue weighted by molar-refractivity contribution is 0.575. The molecule has 1 aliphatic rings. The third kappa shape index (κ3) is 3.80. The molecule has 0 bridgehead atoms. The minimum absolute atomic E-state index is 0.353. The van der Waals surface area contributed by atoms with Gasteiger partial charge in [0, 0.05) is 19.1 Å². The summed E-state index contributed by atoms with van der Waals surface area (Å²) in [6.45, 7) is 4.93. The molecule has 5 heteroatoms. The van der Waals surface area contributed by atoms with Crippen molar-refractivity contribution < 1.29 is 8.42 Å². The Bertz CT molecular complexity index is 502. The number of rotatable bonds is 6. The number of aryl methyl sites for hydroxylation is 2. The third-order valence-electron chi connectivity index (χ3n) is 2.93. The molecular formula is C13H20N2O2S. The van der Waals surface area contributed by atoms with Gasteiger partial charge in [0.15, 0.2) is 0 Å². The molecule has 2 N–H and O–H groups in total. The molecule has 0 spiro atoms. The maximum absolute atomic E-state index is 12.1. The van der Waals surface area contributed by atoms with Crippen molar-refractivity contribution >= 4 is 10.0 Å². The maximum atomic E-state index is 12.1. The summed E-state index contributed by atoms with van der Waals surface area (Å²) in [5, 5.41) is 3.28. The first-order chi connectivity index (χ1) is 8.47. The van der Waals surface area contributed by atoms with Gasteiger partial charge < -0.3 is 5.32 Å². The number of benzene rings is 1. The maximum Gasteiger partial charge on any atom is 0.240 e. The van der Waals surface area contributed by atoms with Crippen LogP contribution in [0, 0.1) is 13.8 Å². The van der Waals surface area contributed by atoms with Gasteiger partial charge in [-0.05, 0) is 49.9 Å². The predicted octanol–water partition coefficient (Wildman–Crippen LogP) is 1.33. The van der Waals surface area contributed by atoms with Crippen molar-refractivity contribution in [2.75, 3.05) is 13.1 Å². The van der Waals surface area contributed by atoms with Crippen LogP contribution in [0.3, 0.4) is 0 Å². The molecule has 1 fully saturated rings. The summed E-state index contributed by atoms with van der Waals surface area (Å²) in [6.07, 6.45) is 2.42. The summed E-state index contributed by atoms with van der Waals surface area (Å²) in [4.78, 5) is 0.353. The van der Waals surface area contributed by atoms with Crippen LogP contribution in [-0.4, -0.2) is 27.5 Å². The van der Waals surface area contributed by atoms with Crippen molar-refractivity contribution in [3.8, 4) is 0 Å². The van der Waals surface area contributed by atoms with Crippen molar-refractivity contribution in [3.05, 3.63) is 29.3 Å². The van der Waals surface area contributed by atoms with E-state index in [1.807, 2.05) is 19.9 Å². The molecule has 18 heavy (non-hydrogen) atoms. The zero-order chi connectivity index (χ0) is 13.2. The van der Waals surface area contributed by atoms with Gasteiger partial charge in [0.2, 0.25) is 10.0 Å². The van der Waals surface area contributed by atoms with Gasteiger partial charge in [0.1, 0.15) is 0 Å². The van der Waals surface area contributed by atoms with E-state index in [1.165, 1.54) is 12.8 Å². The molecule has 4 nitrogen and oxygen atoms in total. The van der Waals surface area contributed by atoms with Crippen molar-refractivity contribution in [1.29, 1.82) is 0 Å². The average molecular weight is 268 g/mol. The smallest absolute Gasteiger partial charge is 0.240 e. The van der Waals surface area contributed by atoms with Crippen molar-refractivity contribution in [2.45, 2.75) is 37.6 Å². The molecule has 0 aromatic heterocycles. The van der Waals surface area contributed by atoms with E-state index in [2.05, 4.69) is 10.0 Å². The quantitative estimate of drug-likeness (QED) is 0.765. The van der Waals surface area contributed by atoms with E-state index in [0.717, 1.165) is 11.1 Å². The lowest BCUT2D eigenvalue weighted by Crippen LogP contribution is -2.32. The first-order valence-corrected chi connectivity index (χ1v) is 7.77. The number of sulfonamides is 1. The number of hydrogen-bond acceptors (Lipinski definition) is 3. The second-order valence-electron chi connectivity index (χ2n) is 4.95. The van der Waals surface area contributed by atoms with E-state index in [1.54, 1.807) is 12.1 Å². The zero-order valence-electron chi connectivity index (χ0n) is 10.9. The van der Waals surface area contributed by atoms with Crippen LogP contribution in [0.15, 0.2) is 23.1 Å². The Kier molecular flexibility index (Phi) is 4.04. The predicted molar refractivity (Wildman–Crippen MR) is 72.1 cm³/mol. The SMILES string of the molecule is Cc1cc(C)cc(S(=O)(=O)NCCNC2CC2)c1. The minimum Gasteiger partial charge on any atom is -0.313 e. The number of nitrogens with one attached hydrogen (secondary N) is 2. The van der Waals surface area contributed by atoms with Crippen molar-refractivity contribution in [2.24, 2.45) is 0 Å². The van der Waals surface area contributed by atoms with Gasteiger partial charge in [-0.2, -0.15) is 0 Å². The highest BCUT2D eigenvalue weighted by Gasteiger charge is 2.20. The summed E-state index contributed by atoms with van der Waals surface area (Å²) in [7, 11) is -3.37. The van der Waals surface area contributed by atoms with Gasteiger partial charge in [-0.1, -0.05) is 6.07 Å². The standard InChI is InChI=1S/C13H20N2O2S/c1-10-7-11(2)9-13(8-10)18(16,17)15-6-5-14-12-3-4-12/h7-9,12,14-15H,3-6H2,1-2H3. The van der Waals surface area contributed by atoms with Gasteiger partial charge in [0.05, 0.1) is 4.90 Å². The summed E-state index contributed by atoms with van der Waals surface area (Å²) in [5.74, 6) is 0. The van der Waals surface area contributed by atoms with E-state index in [9.17, 15) is 8.42 Å². The molecule has 0 unspecified atom stereocenters. The van der Waals surface area contributed by atoms with E-state index >= 15 is 0 Å². The molecule has 0 amide bonds. The molecule has 0 saturated heterocycles. The lowest BCUT2D eigenvalue weighted by atomic mass is 10.2. The van der Waals surface area contributed by atoms with Gasteiger partial charge in [0.25, 0.3) is 0 Å². The van der Waals surface area contributed by atoms with Crippen LogP contribution in [0.5, 0.6) is 0 Å². The van der Waals surface area contributed by atoms with Gasteiger partial charge in [-0.3, -0.25) is 0 Å². The largest absolute Gasteiger partial charge is 0.313 e. The average Bonchev–Trinajstić information content (AvgIpc) is 3.07. The number of hydrogen-bond donors (Lipinski definition) is 2. The molecule has 2 rings (SSSR count). The van der Waals surface area contributed by atoms with Gasteiger partial charge in [-0.15, -0.1) is 0 Å². The van der Waals surface area contributed by atoms with Crippen LogP contribution in [0.25, 0.3) is 0 Å². The third-order valence-corrected chi connectivity index (χ3v) is 4.37. The zero-order valence-corrected chi connectivity index (χ0v) is 11.7. The Morgan fingerprint density at radius 1 is 1.11 bits per heavy atom. The van der Waals surface area contributed by atoms with Crippen LogP contribution >= 0.6 is 0 Å². The Hall–Kier alpha value is -0.910. The molecule has 1 saturated carbocycles. The van der Waals surface area contributed by atoms with Crippen LogP contribution in [0.4, 0.5) is 0 Å². The van der Waals surface area contributed by atoms with Crippen LogP contribution in [0.2, 0.25) is 0 Å². The van der Waals surface area contributed by atoms with E-state index in [4.69, 9.17) is 0 Å². The Morgan fingerprint density at radius 3 is 2.28 bits per heavy atom. The van der Waals surface area contributed by atoms with Crippen LogP contribution in [0.1, 0.15) is 24.0 Å². The monoisotopic (exact) mass is 268 g/mol. The molecular weight excluding hydrogens is 248 g/mol. The fraction of sp³-hybridized carbons (Fsp3) is 0.538. The molecule has 0 aliphatic heterocycles. The molecule has 1 aliphatic carbocycles. The first kappa shape index (κ1) is 13.5. The minimum atomic E-state index is -3.37. The second-order valence-corrected chi connectivity index (χ2v) is 6.72. The summed E-state index contributed by atoms with van der Waals surface area (Å²) < 4.78 is 26.7. The van der Waals surface area contributed by atoms with E-state index in [0.29, 0.717) is 24.0 Å². The fourth-order valence-corrected chi connectivity index (χ4v) is 3.14. The summed E-state index contributed by atoms with van der Waals surface area (Å²) in [6, 6.07) is 5.97. The Morgan fingerprint density at radius 2 is 1.72 bits per heavy atom. The van der Waals surface area contributed by atoms with Crippen molar-refractivity contribution in [3.63, 3.8) is 0 Å². The highest BCUT2D eigenvalue weighted by Crippen LogP contribution is 2.18.